The summed E-state index contributed by atoms with van der Waals surface area (Å²) in [4.78, 5) is 6.88. The highest BCUT2D eigenvalue weighted by atomic mass is 32.1. The van der Waals surface area contributed by atoms with Crippen molar-refractivity contribution in [3.05, 3.63) is 23.9 Å². The van der Waals surface area contributed by atoms with Crippen molar-refractivity contribution in [2.45, 2.75) is 6.18 Å². The molecule has 1 rings (SSSR count). The maximum Gasteiger partial charge on any atom is 0.416 e. The lowest BCUT2D eigenvalue weighted by molar-refractivity contribution is -0.137. The van der Waals surface area contributed by atoms with Crippen LogP contribution in [0.2, 0.25) is 0 Å². The molecule has 0 bridgehead atoms. The van der Waals surface area contributed by atoms with Crippen LogP contribution in [0.25, 0.3) is 0 Å². The zero-order valence-electron chi connectivity index (χ0n) is 6.17. The number of aromatic nitrogens is 1. The lowest BCUT2D eigenvalue weighted by Gasteiger charge is -2.05. The Balaban J connectivity index is 3.12. The summed E-state index contributed by atoms with van der Waals surface area (Å²) in [7, 11) is 0. The van der Waals surface area contributed by atoms with Gasteiger partial charge in [-0.2, -0.15) is 18.2 Å². The molecule has 2 nitrogen and oxygen atoms in total. The van der Waals surface area contributed by atoms with Crippen LogP contribution in [0.1, 0.15) is 5.56 Å². The summed E-state index contributed by atoms with van der Waals surface area (Å²) >= 11 is 4.23. The first-order chi connectivity index (χ1) is 6.04. The molecule has 68 valence electrons. The van der Waals surface area contributed by atoms with Gasteiger partial charge in [0.15, 0.2) is 5.82 Å². The van der Waals surface area contributed by atoms with Crippen molar-refractivity contribution in [1.29, 1.82) is 0 Å². The molecule has 0 aliphatic carbocycles. The molecule has 0 unspecified atom stereocenters. The van der Waals surface area contributed by atoms with E-state index in [9.17, 15) is 13.2 Å². The summed E-state index contributed by atoms with van der Waals surface area (Å²) in [5.74, 6) is -0.0928. The topological polar surface area (TPSA) is 25.2 Å². The Hall–Kier alpha value is -1.26. The molecule has 0 saturated heterocycles. The van der Waals surface area contributed by atoms with Crippen molar-refractivity contribution >= 4 is 23.2 Å². The fraction of sp³-hybridized carbons (Fsp3) is 0.143. The Kier molecular flexibility index (Phi) is 2.75. The minimum Gasteiger partial charge on any atom is -0.236 e. The smallest absolute Gasteiger partial charge is 0.236 e. The van der Waals surface area contributed by atoms with E-state index in [1.807, 2.05) is 5.16 Å². The summed E-state index contributed by atoms with van der Waals surface area (Å²) in [6.07, 6.45) is -3.36. The molecule has 13 heavy (non-hydrogen) atoms. The lowest BCUT2D eigenvalue weighted by atomic mass is 10.2. The molecule has 0 fully saturated rings. The predicted octanol–water partition coefficient (Wildman–Crippen LogP) is 2.83. The highest BCUT2D eigenvalue weighted by Gasteiger charge is 2.30. The van der Waals surface area contributed by atoms with Gasteiger partial charge in [-0.05, 0) is 24.4 Å². The molecule has 0 aliphatic rings. The highest BCUT2D eigenvalue weighted by Crippen LogP contribution is 2.30. The molecule has 0 amide bonds. The Labute approximate surface area is 77.1 Å². The van der Waals surface area contributed by atoms with Crippen LogP contribution in [0.5, 0.6) is 0 Å². The predicted molar refractivity (Wildman–Crippen MR) is 43.9 cm³/mol. The van der Waals surface area contributed by atoms with Crippen LogP contribution >= 0.6 is 12.2 Å². The second-order valence-corrected chi connectivity index (χ2v) is 2.29. The van der Waals surface area contributed by atoms with E-state index in [4.69, 9.17) is 0 Å². The van der Waals surface area contributed by atoms with E-state index in [0.29, 0.717) is 0 Å². The SMILES string of the molecule is FC(F)(F)c1ccnc(N=C=S)c1. The molecular formula is C7H3F3N2S. The van der Waals surface area contributed by atoms with Crippen molar-refractivity contribution in [3.63, 3.8) is 0 Å². The van der Waals surface area contributed by atoms with Gasteiger partial charge in [-0.1, -0.05) is 0 Å². The number of alkyl halides is 3. The van der Waals surface area contributed by atoms with E-state index in [2.05, 4.69) is 22.2 Å². The van der Waals surface area contributed by atoms with Crippen LogP contribution in [0.15, 0.2) is 23.3 Å². The molecule has 1 aromatic heterocycles. The van der Waals surface area contributed by atoms with Gasteiger partial charge in [-0.3, -0.25) is 0 Å². The third kappa shape index (κ3) is 2.61. The van der Waals surface area contributed by atoms with Crippen LogP contribution in [-0.2, 0) is 6.18 Å². The zero-order chi connectivity index (χ0) is 9.90. The third-order valence-electron chi connectivity index (χ3n) is 1.23. The van der Waals surface area contributed by atoms with E-state index in [1.165, 1.54) is 0 Å². The molecule has 0 atom stereocenters. The monoisotopic (exact) mass is 204 g/mol. The maximum atomic E-state index is 12.1. The third-order valence-corrected chi connectivity index (χ3v) is 1.32. The van der Waals surface area contributed by atoms with Crippen molar-refractivity contribution in [1.82, 2.24) is 4.98 Å². The Morgan fingerprint density at radius 2 is 2.15 bits per heavy atom. The average Bonchev–Trinajstić information content (AvgIpc) is 2.04. The number of hydrogen-bond acceptors (Lipinski definition) is 3. The average molecular weight is 204 g/mol. The van der Waals surface area contributed by atoms with Crippen molar-refractivity contribution < 1.29 is 13.2 Å². The zero-order valence-corrected chi connectivity index (χ0v) is 6.99. The van der Waals surface area contributed by atoms with Crippen LogP contribution in [0.3, 0.4) is 0 Å². The lowest BCUT2D eigenvalue weighted by Crippen LogP contribution is -2.04. The molecule has 0 radical (unpaired) electrons. The maximum absolute atomic E-state index is 12.1. The minimum atomic E-state index is -4.38. The second kappa shape index (κ2) is 3.64. The number of hydrogen-bond donors (Lipinski definition) is 0. The molecule has 0 saturated carbocycles. The molecule has 1 heterocycles. The van der Waals surface area contributed by atoms with Gasteiger partial charge in [0.2, 0.25) is 0 Å². The Morgan fingerprint density at radius 3 is 2.69 bits per heavy atom. The van der Waals surface area contributed by atoms with Crippen LogP contribution < -0.4 is 0 Å². The van der Waals surface area contributed by atoms with Crippen molar-refractivity contribution in [3.8, 4) is 0 Å². The van der Waals surface area contributed by atoms with Crippen LogP contribution in [0, 0.1) is 0 Å². The molecule has 0 aliphatic heterocycles. The summed E-state index contributed by atoms with van der Waals surface area (Å²) in [5.41, 5.74) is -0.800. The first kappa shape index (κ1) is 9.83. The first-order valence-corrected chi connectivity index (χ1v) is 3.56. The summed E-state index contributed by atoms with van der Waals surface area (Å²) < 4.78 is 36.3. The van der Waals surface area contributed by atoms with E-state index in [-0.39, 0.29) is 5.82 Å². The number of thiocarbonyl (C=S) groups is 1. The largest absolute Gasteiger partial charge is 0.416 e. The van der Waals surface area contributed by atoms with E-state index in [1.54, 1.807) is 0 Å². The fourth-order valence-electron chi connectivity index (χ4n) is 0.703. The van der Waals surface area contributed by atoms with Gasteiger partial charge in [0.05, 0.1) is 10.7 Å². The van der Waals surface area contributed by atoms with Gasteiger partial charge in [0.1, 0.15) is 0 Å². The van der Waals surface area contributed by atoms with Gasteiger partial charge in [0, 0.05) is 6.20 Å². The number of pyridine rings is 1. The molecule has 0 aromatic carbocycles. The number of rotatable bonds is 1. The van der Waals surface area contributed by atoms with E-state index in [0.717, 1.165) is 18.3 Å². The highest BCUT2D eigenvalue weighted by molar-refractivity contribution is 7.78. The van der Waals surface area contributed by atoms with Gasteiger partial charge in [0.25, 0.3) is 0 Å². The van der Waals surface area contributed by atoms with Gasteiger partial charge < -0.3 is 0 Å². The fourth-order valence-corrected chi connectivity index (χ4v) is 0.796. The molecule has 1 aromatic rings. The Bertz CT molecular complexity index is 355. The standard InChI is InChI=1S/C7H3F3N2S/c8-7(9,10)5-1-2-11-6(3-5)12-4-13/h1-3H. The quantitative estimate of drug-likeness (QED) is 0.519. The van der Waals surface area contributed by atoms with Gasteiger partial charge in [-0.15, -0.1) is 0 Å². The van der Waals surface area contributed by atoms with Gasteiger partial charge >= 0.3 is 6.18 Å². The summed E-state index contributed by atoms with van der Waals surface area (Å²) in [6, 6.07) is 1.67. The van der Waals surface area contributed by atoms with Crippen molar-refractivity contribution in [2.24, 2.45) is 4.99 Å². The summed E-state index contributed by atoms with van der Waals surface area (Å²) in [6.45, 7) is 0. The minimum absolute atomic E-state index is 0.0928. The number of isothiocyanates is 1. The second-order valence-electron chi connectivity index (χ2n) is 2.10. The molecule has 0 spiro atoms. The van der Waals surface area contributed by atoms with Crippen LogP contribution in [-0.4, -0.2) is 10.1 Å². The van der Waals surface area contributed by atoms with Crippen molar-refractivity contribution in [2.75, 3.05) is 0 Å². The number of nitrogens with zero attached hydrogens (tertiary/aromatic N) is 2. The first-order valence-electron chi connectivity index (χ1n) is 3.15. The number of halogens is 3. The Morgan fingerprint density at radius 1 is 1.46 bits per heavy atom. The summed E-state index contributed by atoms with van der Waals surface area (Å²) in [5, 5.41) is 1.94. The number of aliphatic imine (C=N–C) groups is 1. The van der Waals surface area contributed by atoms with Gasteiger partial charge in [-0.25, -0.2) is 4.98 Å². The van der Waals surface area contributed by atoms with Crippen LogP contribution in [0.4, 0.5) is 19.0 Å². The molecular weight excluding hydrogens is 201 g/mol. The van der Waals surface area contributed by atoms with E-state index < -0.39 is 11.7 Å². The van der Waals surface area contributed by atoms with E-state index >= 15 is 0 Å². The normalized spacial score (nSPS) is 10.7. The molecule has 6 heteroatoms. The molecule has 0 N–H and O–H groups in total.